The number of nitrogens with zero attached hydrogens (tertiary/aromatic N) is 5. The predicted molar refractivity (Wildman–Crippen MR) is 200 cm³/mol. The summed E-state index contributed by atoms with van der Waals surface area (Å²) in [7, 11) is 0. The number of fused-ring (bicyclic) bond motifs is 6. The van der Waals surface area contributed by atoms with Crippen LogP contribution in [-0.4, -0.2) is 9.13 Å². The van der Waals surface area contributed by atoms with Crippen molar-refractivity contribution in [3.8, 4) is 51.8 Å². The molecule has 0 fully saturated rings. The van der Waals surface area contributed by atoms with Crippen molar-refractivity contribution < 1.29 is 0 Å². The molecule has 0 aliphatic heterocycles. The van der Waals surface area contributed by atoms with Gasteiger partial charge in [-0.1, -0.05) is 84.9 Å². The Bertz CT molecular complexity index is 2920. The predicted octanol–water partition coefficient (Wildman–Crippen LogP) is 10.8. The summed E-state index contributed by atoms with van der Waals surface area (Å²) in [6, 6.07) is 57.7. The summed E-state index contributed by atoms with van der Waals surface area (Å²) in [6.45, 7) is 0. The number of para-hydroxylation sites is 3. The van der Waals surface area contributed by atoms with Crippen LogP contribution in [0.25, 0.3) is 77.2 Å². The standard InChI is InChI=1S/C45H25N5/c46-26-29-18-22-45(50-42-15-7-3-11-36(42)37-12-4-8-16-43(37)50)39(23-29)35-10-2-1-9-34(35)33-20-19-32(25-31(33)28-48)49-41-14-6-5-13-38(41)40-24-30(27-47)17-21-44(40)49/h1-25H. The molecular weight excluding hydrogens is 611 g/mol. The minimum Gasteiger partial charge on any atom is -0.309 e. The third-order valence-electron chi connectivity index (χ3n) is 9.64. The van der Waals surface area contributed by atoms with Crippen LogP contribution in [0.5, 0.6) is 0 Å². The van der Waals surface area contributed by atoms with Crippen molar-refractivity contribution in [2.45, 2.75) is 0 Å². The lowest BCUT2D eigenvalue weighted by Gasteiger charge is -2.18. The van der Waals surface area contributed by atoms with E-state index in [-0.39, 0.29) is 0 Å². The monoisotopic (exact) mass is 635 g/mol. The fourth-order valence-electron chi connectivity index (χ4n) is 7.47. The van der Waals surface area contributed by atoms with Gasteiger partial charge in [-0.15, -0.1) is 0 Å². The van der Waals surface area contributed by atoms with E-state index in [1.165, 1.54) is 0 Å². The van der Waals surface area contributed by atoms with Crippen LogP contribution in [0.1, 0.15) is 16.7 Å². The molecule has 9 aromatic rings. The normalized spacial score (nSPS) is 11.1. The van der Waals surface area contributed by atoms with Crippen LogP contribution >= 0.6 is 0 Å². The first-order chi connectivity index (χ1) is 24.7. The Balaban J connectivity index is 1.27. The summed E-state index contributed by atoms with van der Waals surface area (Å²) in [5.41, 5.74) is 11.1. The maximum Gasteiger partial charge on any atom is 0.0998 e. The molecular formula is C45H25N5. The molecule has 0 unspecified atom stereocenters. The molecule has 0 bridgehead atoms. The molecule has 0 aliphatic rings. The summed E-state index contributed by atoms with van der Waals surface area (Å²) in [5, 5.41) is 34.6. The van der Waals surface area contributed by atoms with Crippen LogP contribution in [0.4, 0.5) is 0 Å². The maximum absolute atomic E-state index is 10.6. The van der Waals surface area contributed by atoms with Gasteiger partial charge in [-0.25, -0.2) is 0 Å². The Labute approximate surface area is 287 Å². The fraction of sp³-hybridized carbons (Fsp3) is 0. The maximum atomic E-state index is 10.6. The van der Waals surface area contributed by atoms with Gasteiger partial charge in [0.05, 0.1) is 62.7 Å². The lowest BCUT2D eigenvalue weighted by molar-refractivity contribution is 1.17. The molecule has 0 amide bonds. The molecule has 0 N–H and O–H groups in total. The summed E-state index contributed by atoms with van der Waals surface area (Å²) < 4.78 is 4.42. The van der Waals surface area contributed by atoms with E-state index in [9.17, 15) is 15.8 Å². The molecule has 7 aromatic carbocycles. The molecule has 0 radical (unpaired) electrons. The second-order valence-electron chi connectivity index (χ2n) is 12.3. The van der Waals surface area contributed by atoms with Crippen LogP contribution in [0.3, 0.4) is 0 Å². The zero-order chi connectivity index (χ0) is 33.8. The molecule has 0 saturated carbocycles. The van der Waals surface area contributed by atoms with E-state index < -0.39 is 0 Å². The van der Waals surface area contributed by atoms with E-state index in [1.54, 1.807) is 0 Å². The molecule has 5 heteroatoms. The quantitative estimate of drug-likeness (QED) is 0.193. The van der Waals surface area contributed by atoms with E-state index in [4.69, 9.17) is 0 Å². The Morgan fingerprint density at radius 1 is 0.360 bits per heavy atom. The highest BCUT2D eigenvalue weighted by atomic mass is 15.0. The van der Waals surface area contributed by atoms with Gasteiger partial charge in [0, 0.05) is 38.4 Å². The summed E-state index contributed by atoms with van der Waals surface area (Å²) in [6.07, 6.45) is 0. The fourth-order valence-corrected chi connectivity index (χ4v) is 7.47. The van der Waals surface area contributed by atoms with Gasteiger partial charge in [-0.3, -0.25) is 0 Å². The van der Waals surface area contributed by atoms with Gasteiger partial charge in [0.2, 0.25) is 0 Å². The molecule has 0 atom stereocenters. The molecule has 0 spiro atoms. The first-order valence-corrected chi connectivity index (χ1v) is 16.3. The topological polar surface area (TPSA) is 81.2 Å². The van der Waals surface area contributed by atoms with Crippen molar-refractivity contribution in [3.05, 3.63) is 168 Å². The Morgan fingerprint density at radius 2 is 0.880 bits per heavy atom. The van der Waals surface area contributed by atoms with Crippen LogP contribution < -0.4 is 0 Å². The van der Waals surface area contributed by atoms with Gasteiger partial charge in [-0.05, 0) is 77.9 Å². The van der Waals surface area contributed by atoms with Gasteiger partial charge in [0.1, 0.15) is 0 Å². The van der Waals surface area contributed by atoms with Crippen LogP contribution in [-0.2, 0) is 0 Å². The molecule has 230 valence electrons. The van der Waals surface area contributed by atoms with Gasteiger partial charge in [0.25, 0.3) is 0 Å². The van der Waals surface area contributed by atoms with Crippen molar-refractivity contribution >= 4 is 43.6 Å². The first-order valence-electron chi connectivity index (χ1n) is 16.3. The summed E-state index contributed by atoms with van der Waals surface area (Å²) in [5.74, 6) is 0. The molecule has 0 saturated heterocycles. The summed E-state index contributed by atoms with van der Waals surface area (Å²) in [4.78, 5) is 0. The lowest BCUT2D eigenvalue weighted by atomic mass is 9.90. The van der Waals surface area contributed by atoms with Crippen molar-refractivity contribution in [1.82, 2.24) is 9.13 Å². The van der Waals surface area contributed by atoms with Crippen molar-refractivity contribution in [2.75, 3.05) is 0 Å². The smallest absolute Gasteiger partial charge is 0.0998 e. The largest absolute Gasteiger partial charge is 0.309 e. The molecule has 0 aliphatic carbocycles. The zero-order valence-corrected chi connectivity index (χ0v) is 26.7. The highest BCUT2D eigenvalue weighted by Crippen LogP contribution is 2.41. The van der Waals surface area contributed by atoms with Gasteiger partial charge in [-0.2, -0.15) is 15.8 Å². The van der Waals surface area contributed by atoms with Gasteiger partial charge < -0.3 is 9.13 Å². The highest BCUT2D eigenvalue weighted by Gasteiger charge is 2.20. The zero-order valence-electron chi connectivity index (χ0n) is 26.7. The van der Waals surface area contributed by atoms with E-state index in [1.807, 2.05) is 78.9 Å². The lowest BCUT2D eigenvalue weighted by Crippen LogP contribution is -2.00. The van der Waals surface area contributed by atoms with E-state index in [0.717, 1.165) is 77.2 Å². The van der Waals surface area contributed by atoms with Gasteiger partial charge >= 0.3 is 0 Å². The van der Waals surface area contributed by atoms with E-state index >= 15 is 0 Å². The number of hydrogen-bond acceptors (Lipinski definition) is 3. The Kier molecular flexibility index (Phi) is 6.56. The molecule has 5 nitrogen and oxygen atoms in total. The average molecular weight is 636 g/mol. The second-order valence-corrected chi connectivity index (χ2v) is 12.3. The second kappa shape index (κ2) is 11.4. The van der Waals surface area contributed by atoms with Crippen molar-refractivity contribution in [1.29, 1.82) is 15.8 Å². The van der Waals surface area contributed by atoms with Crippen LogP contribution in [0.15, 0.2) is 152 Å². The van der Waals surface area contributed by atoms with Crippen LogP contribution in [0, 0.1) is 34.0 Å². The molecule has 50 heavy (non-hydrogen) atoms. The van der Waals surface area contributed by atoms with E-state index in [2.05, 4.69) is 100 Å². The van der Waals surface area contributed by atoms with Crippen molar-refractivity contribution in [2.24, 2.45) is 0 Å². The Morgan fingerprint density at radius 3 is 1.52 bits per heavy atom. The molecule has 9 rings (SSSR count). The summed E-state index contributed by atoms with van der Waals surface area (Å²) >= 11 is 0. The Hall–Kier alpha value is -7.39. The number of nitriles is 3. The molecule has 2 aromatic heterocycles. The highest BCUT2D eigenvalue weighted by molar-refractivity contribution is 6.11. The third kappa shape index (κ3) is 4.31. The SMILES string of the molecule is N#Cc1ccc(-n2c3ccccc3c3ccccc32)c(-c2ccccc2-c2ccc(-n3c4ccccc4c4cc(C#N)ccc43)cc2C#N)c1. The van der Waals surface area contributed by atoms with Crippen LogP contribution in [0.2, 0.25) is 0 Å². The third-order valence-corrected chi connectivity index (χ3v) is 9.64. The number of rotatable bonds is 4. The minimum atomic E-state index is 0.532. The number of benzene rings is 7. The molecule has 2 heterocycles. The van der Waals surface area contributed by atoms with E-state index in [0.29, 0.717) is 16.7 Å². The van der Waals surface area contributed by atoms with Gasteiger partial charge in [0.15, 0.2) is 0 Å². The minimum absolute atomic E-state index is 0.532. The number of aromatic nitrogens is 2. The first kappa shape index (κ1) is 28.8. The van der Waals surface area contributed by atoms with Crippen molar-refractivity contribution in [3.63, 3.8) is 0 Å². The average Bonchev–Trinajstić information content (AvgIpc) is 3.70. The number of hydrogen-bond donors (Lipinski definition) is 0.